The van der Waals surface area contributed by atoms with Crippen LogP contribution >= 0.6 is 0 Å². The van der Waals surface area contributed by atoms with Crippen molar-refractivity contribution in [2.75, 3.05) is 6.61 Å². The van der Waals surface area contributed by atoms with Gasteiger partial charge >= 0.3 is 0 Å². The number of rotatable bonds is 1. The van der Waals surface area contributed by atoms with Crippen molar-refractivity contribution in [3.05, 3.63) is 29.3 Å². The number of benzene rings is 1. The van der Waals surface area contributed by atoms with Gasteiger partial charge in [0.05, 0.1) is 18.6 Å². The first-order chi connectivity index (χ1) is 6.33. The molecule has 0 saturated heterocycles. The summed E-state index contributed by atoms with van der Waals surface area (Å²) >= 11 is 0. The molecule has 66 valence electrons. The highest BCUT2D eigenvalue weighted by Gasteiger charge is 2.18. The van der Waals surface area contributed by atoms with Crippen molar-refractivity contribution in [2.45, 2.75) is 19.3 Å². The van der Waals surface area contributed by atoms with Gasteiger partial charge in [-0.2, -0.15) is 5.26 Å². The van der Waals surface area contributed by atoms with Crippen molar-refractivity contribution >= 4 is 0 Å². The molecule has 0 amide bonds. The van der Waals surface area contributed by atoms with Gasteiger partial charge in [-0.25, -0.2) is 0 Å². The molecule has 1 aromatic carbocycles. The molecule has 1 aliphatic rings. The van der Waals surface area contributed by atoms with E-state index in [1.54, 1.807) is 0 Å². The van der Waals surface area contributed by atoms with Crippen LogP contribution in [0, 0.1) is 11.3 Å². The molecule has 13 heavy (non-hydrogen) atoms. The molecule has 1 aromatic rings. The Balaban J connectivity index is 2.48. The van der Waals surface area contributed by atoms with E-state index in [4.69, 9.17) is 10.00 Å². The zero-order valence-electron chi connectivity index (χ0n) is 7.58. The lowest BCUT2D eigenvalue weighted by atomic mass is 9.99. The molecule has 0 bridgehead atoms. The van der Waals surface area contributed by atoms with Gasteiger partial charge in [-0.15, -0.1) is 0 Å². The second-order valence-corrected chi connectivity index (χ2v) is 3.28. The number of ether oxygens (including phenoxy) is 1. The number of hydrogen-bond acceptors (Lipinski definition) is 2. The Morgan fingerprint density at radius 3 is 3.15 bits per heavy atom. The van der Waals surface area contributed by atoms with Gasteiger partial charge in [-0.3, -0.25) is 0 Å². The van der Waals surface area contributed by atoms with Crippen molar-refractivity contribution in [3.8, 4) is 11.8 Å². The number of para-hydroxylation sites is 1. The van der Waals surface area contributed by atoms with Gasteiger partial charge in [-0.1, -0.05) is 18.2 Å². The van der Waals surface area contributed by atoms with E-state index in [-0.39, 0.29) is 5.92 Å². The summed E-state index contributed by atoms with van der Waals surface area (Å²) in [5.74, 6) is 0.865. The highest BCUT2D eigenvalue weighted by molar-refractivity contribution is 5.47. The van der Waals surface area contributed by atoms with Crippen molar-refractivity contribution in [3.63, 3.8) is 0 Å². The molecule has 2 heteroatoms. The highest BCUT2D eigenvalue weighted by Crippen LogP contribution is 2.33. The maximum absolute atomic E-state index is 8.81. The molecule has 0 saturated carbocycles. The predicted octanol–water partition coefficient (Wildman–Crippen LogP) is 2.25. The normalized spacial score (nSPS) is 15.7. The summed E-state index contributed by atoms with van der Waals surface area (Å²) in [7, 11) is 0. The Bertz CT molecular complexity index is 365. The largest absolute Gasteiger partial charge is 0.493 e. The van der Waals surface area contributed by atoms with Crippen LogP contribution in [0.15, 0.2) is 18.2 Å². The van der Waals surface area contributed by atoms with Crippen LogP contribution in [-0.2, 0) is 6.42 Å². The quantitative estimate of drug-likeness (QED) is 0.652. The summed E-state index contributed by atoms with van der Waals surface area (Å²) in [6.07, 6.45) is 0.974. The number of hydrogen-bond donors (Lipinski definition) is 0. The van der Waals surface area contributed by atoms with E-state index in [2.05, 4.69) is 12.1 Å². The maximum atomic E-state index is 8.81. The van der Waals surface area contributed by atoms with E-state index in [0.717, 1.165) is 24.3 Å². The van der Waals surface area contributed by atoms with Gasteiger partial charge in [0, 0.05) is 12.0 Å². The lowest BCUT2D eigenvalue weighted by Crippen LogP contribution is -1.94. The van der Waals surface area contributed by atoms with Crippen LogP contribution in [0.4, 0.5) is 0 Å². The Morgan fingerprint density at radius 2 is 2.38 bits per heavy atom. The van der Waals surface area contributed by atoms with Crippen LogP contribution in [0.25, 0.3) is 0 Å². The average Bonchev–Trinajstić information content (AvgIpc) is 2.63. The molecule has 1 aliphatic heterocycles. The minimum absolute atomic E-state index is 0.0759. The van der Waals surface area contributed by atoms with Crippen LogP contribution in [0.5, 0.6) is 5.75 Å². The van der Waals surface area contributed by atoms with E-state index in [1.807, 2.05) is 19.1 Å². The molecule has 1 heterocycles. The molecule has 0 N–H and O–H groups in total. The van der Waals surface area contributed by atoms with Crippen LogP contribution in [0.1, 0.15) is 24.0 Å². The molecule has 0 aliphatic carbocycles. The zero-order chi connectivity index (χ0) is 9.26. The topological polar surface area (TPSA) is 33.0 Å². The average molecular weight is 173 g/mol. The summed E-state index contributed by atoms with van der Waals surface area (Å²) < 4.78 is 5.50. The second kappa shape index (κ2) is 3.10. The van der Waals surface area contributed by atoms with E-state index in [1.165, 1.54) is 5.56 Å². The monoisotopic (exact) mass is 173 g/mol. The summed E-state index contributed by atoms with van der Waals surface area (Å²) in [6, 6.07) is 8.26. The van der Waals surface area contributed by atoms with Gasteiger partial charge in [-0.05, 0) is 12.5 Å². The lowest BCUT2D eigenvalue weighted by molar-refractivity contribution is 0.353. The number of nitriles is 1. The van der Waals surface area contributed by atoms with Gasteiger partial charge in [0.2, 0.25) is 0 Å². The fourth-order valence-electron chi connectivity index (χ4n) is 1.65. The standard InChI is InChI=1S/C11H11NO/c1-8(7-12)10-4-2-3-9-5-6-13-11(9)10/h2-4,8H,5-6H2,1H3. The number of fused-ring (bicyclic) bond motifs is 1. The van der Waals surface area contributed by atoms with E-state index < -0.39 is 0 Å². The summed E-state index contributed by atoms with van der Waals surface area (Å²) in [6.45, 7) is 2.65. The fraction of sp³-hybridized carbons (Fsp3) is 0.364. The molecular weight excluding hydrogens is 162 g/mol. The zero-order valence-corrected chi connectivity index (χ0v) is 7.58. The van der Waals surface area contributed by atoms with Gasteiger partial charge < -0.3 is 4.74 Å². The van der Waals surface area contributed by atoms with Crippen molar-refractivity contribution in [1.29, 1.82) is 5.26 Å². The first kappa shape index (κ1) is 8.12. The van der Waals surface area contributed by atoms with Crippen LogP contribution in [0.2, 0.25) is 0 Å². The third-order valence-corrected chi connectivity index (χ3v) is 2.40. The number of nitrogens with zero attached hydrogens (tertiary/aromatic N) is 1. The van der Waals surface area contributed by atoms with Crippen LogP contribution < -0.4 is 4.74 Å². The minimum Gasteiger partial charge on any atom is -0.493 e. The third-order valence-electron chi connectivity index (χ3n) is 2.40. The highest BCUT2D eigenvalue weighted by atomic mass is 16.5. The Kier molecular flexibility index (Phi) is 1.94. The van der Waals surface area contributed by atoms with E-state index in [9.17, 15) is 0 Å². The molecule has 0 spiro atoms. The van der Waals surface area contributed by atoms with Crippen molar-refractivity contribution in [1.82, 2.24) is 0 Å². The summed E-state index contributed by atoms with van der Waals surface area (Å²) in [5, 5.41) is 8.81. The molecule has 1 atom stereocenters. The van der Waals surface area contributed by atoms with E-state index >= 15 is 0 Å². The maximum Gasteiger partial charge on any atom is 0.127 e. The molecule has 0 radical (unpaired) electrons. The third kappa shape index (κ3) is 1.27. The molecule has 1 unspecified atom stereocenters. The Labute approximate surface area is 77.8 Å². The van der Waals surface area contributed by atoms with Gasteiger partial charge in [0.25, 0.3) is 0 Å². The van der Waals surface area contributed by atoms with Crippen LogP contribution in [-0.4, -0.2) is 6.61 Å². The Hall–Kier alpha value is -1.49. The SMILES string of the molecule is CC(C#N)c1cccc2c1OCC2. The first-order valence-electron chi connectivity index (χ1n) is 4.47. The second-order valence-electron chi connectivity index (χ2n) is 3.28. The molecule has 0 aromatic heterocycles. The van der Waals surface area contributed by atoms with E-state index in [0.29, 0.717) is 0 Å². The summed E-state index contributed by atoms with van der Waals surface area (Å²) in [4.78, 5) is 0. The fourth-order valence-corrected chi connectivity index (χ4v) is 1.65. The molecule has 2 nitrogen and oxygen atoms in total. The lowest BCUT2D eigenvalue weighted by Gasteiger charge is -2.08. The summed E-state index contributed by atoms with van der Waals surface area (Å²) in [5.41, 5.74) is 2.26. The van der Waals surface area contributed by atoms with Gasteiger partial charge in [0.1, 0.15) is 5.75 Å². The van der Waals surface area contributed by atoms with Gasteiger partial charge in [0.15, 0.2) is 0 Å². The molecule has 2 rings (SSSR count). The molecule has 0 fully saturated rings. The predicted molar refractivity (Wildman–Crippen MR) is 49.7 cm³/mol. The smallest absolute Gasteiger partial charge is 0.127 e. The van der Waals surface area contributed by atoms with Crippen LogP contribution in [0.3, 0.4) is 0 Å². The minimum atomic E-state index is -0.0759. The first-order valence-corrected chi connectivity index (χ1v) is 4.47. The van der Waals surface area contributed by atoms with Crippen molar-refractivity contribution in [2.24, 2.45) is 0 Å². The van der Waals surface area contributed by atoms with Crippen molar-refractivity contribution < 1.29 is 4.74 Å². The molecular formula is C11H11NO. The Morgan fingerprint density at radius 1 is 1.54 bits per heavy atom.